The second-order valence-electron chi connectivity index (χ2n) is 7.46. The third-order valence-electron chi connectivity index (χ3n) is 5.28. The SMILES string of the molecule is Cc1ccc(S(=O)(=O)N(C)c2ccc3sc(C(=O)NCC4CCCO4)cc3c2)cc1. The number of fused-ring (bicyclic) bond motifs is 1. The molecule has 6 nitrogen and oxygen atoms in total. The van der Waals surface area contributed by atoms with Gasteiger partial charge in [0.05, 0.1) is 21.6 Å². The maximum absolute atomic E-state index is 13.0. The number of carbonyl (C=O) groups excluding carboxylic acids is 1. The van der Waals surface area contributed by atoms with E-state index in [-0.39, 0.29) is 16.9 Å². The van der Waals surface area contributed by atoms with Gasteiger partial charge in [-0.3, -0.25) is 9.10 Å². The van der Waals surface area contributed by atoms with Crippen LogP contribution in [0.3, 0.4) is 0 Å². The van der Waals surface area contributed by atoms with Crippen LogP contribution in [-0.4, -0.2) is 40.6 Å². The van der Waals surface area contributed by atoms with Crippen molar-refractivity contribution in [2.75, 3.05) is 24.5 Å². The van der Waals surface area contributed by atoms with Crippen molar-refractivity contribution in [2.24, 2.45) is 0 Å². The smallest absolute Gasteiger partial charge is 0.264 e. The largest absolute Gasteiger partial charge is 0.376 e. The lowest BCUT2D eigenvalue weighted by Gasteiger charge is -2.19. The summed E-state index contributed by atoms with van der Waals surface area (Å²) in [7, 11) is -2.12. The van der Waals surface area contributed by atoms with E-state index in [0.29, 0.717) is 17.1 Å². The highest BCUT2D eigenvalue weighted by molar-refractivity contribution is 7.92. The van der Waals surface area contributed by atoms with Gasteiger partial charge in [0, 0.05) is 24.9 Å². The molecule has 1 aliphatic rings. The van der Waals surface area contributed by atoms with Crippen LogP contribution in [0.4, 0.5) is 5.69 Å². The number of amides is 1. The number of aryl methyl sites for hydroxylation is 1. The van der Waals surface area contributed by atoms with Gasteiger partial charge >= 0.3 is 0 Å². The summed E-state index contributed by atoms with van der Waals surface area (Å²) < 4.78 is 33.7. The summed E-state index contributed by atoms with van der Waals surface area (Å²) in [6.07, 6.45) is 2.10. The first-order valence-corrected chi connectivity index (χ1v) is 12.1. The Morgan fingerprint density at radius 1 is 1.20 bits per heavy atom. The summed E-state index contributed by atoms with van der Waals surface area (Å²) in [4.78, 5) is 13.3. The maximum atomic E-state index is 13.0. The van der Waals surface area contributed by atoms with Crippen LogP contribution in [0.25, 0.3) is 10.1 Å². The van der Waals surface area contributed by atoms with E-state index in [4.69, 9.17) is 4.74 Å². The Bertz CT molecular complexity index is 1160. The predicted molar refractivity (Wildman–Crippen MR) is 120 cm³/mol. The predicted octanol–water partition coefficient (Wildman–Crippen LogP) is 3.94. The molecule has 0 aliphatic carbocycles. The molecule has 0 saturated carbocycles. The number of benzene rings is 2. The molecular weight excluding hydrogens is 420 g/mol. The number of nitrogens with one attached hydrogen (secondary N) is 1. The van der Waals surface area contributed by atoms with Crippen LogP contribution in [0.15, 0.2) is 53.4 Å². The molecule has 158 valence electrons. The van der Waals surface area contributed by atoms with Crippen molar-refractivity contribution in [1.29, 1.82) is 0 Å². The Morgan fingerprint density at radius 2 is 1.97 bits per heavy atom. The number of sulfonamides is 1. The standard InChI is InChI=1S/C22H24N2O4S2/c1-15-5-8-19(9-6-15)30(26,27)24(2)17-7-10-20-16(12-17)13-21(29-20)22(25)23-14-18-4-3-11-28-18/h5-10,12-13,18H,3-4,11,14H2,1-2H3,(H,23,25). The van der Waals surface area contributed by atoms with E-state index in [2.05, 4.69) is 5.32 Å². The third kappa shape index (κ3) is 4.21. The molecule has 0 bridgehead atoms. The van der Waals surface area contributed by atoms with E-state index in [1.54, 1.807) is 42.5 Å². The number of thiophene rings is 1. The lowest BCUT2D eigenvalue weighted by molar-refractivity contribution is 0.0861. The molecule has 1 N–H and O–H groups in total. The van der Waals surface area contributed by atoms with Crippen molar-refractivity contribution in [3.05, 3.63) is 59.0 Å². The van der Waals surface area contributed by atoms with Crippen molar-refractivity contribution >= 4 is 43.0 Å². The summed E-state index contributed by atoms with van der Waals surface area (Å²) in [6, 6.07) is 14.0. The second kappa shape index (κ2) is 8.37. The van der Waals surface area contributed by atoms with Crippen molar-refractivity contribution < 1.29 is 17.9 Å². The van der Waals surface area contributed by atoms with Crippen LogP contribution in [0, 0.1) is 6.92 Å². The van der Waals surface area contributed by atoms with E-state index >= 15 is 0 Å². The van der Waals surface area contributed by atoms with Crippen LogP contribution < -0.4 is 9.62 Å². The Labute approximate surface area is 180 Å². The molecule has 4 rings (SSSR count). The summed E-state index contributed by atoms with van der Waals surface area (Å²) >= 11 is 1.39. The van der Waals surface area contributed by atoms with Gasteiger partial charge < -0.3 is 10.1 Å². The fourth-order valence-electron chi connectivity index (χ4n) is 3.44. The van der Waals surface area contributed by atoms with Gasteiger partial charge in [-0.1, -0.05) is 17.7 Å². The van der Waals surface area contributed by atoms with E-state index in [9.17, 15) is 13.2 Å². The first-order valence-electron chi connectivity index (χ1n) is 9.83. The number of nitrogens with zero attached hydrogens (tertiary/aromatic N) is 1. The van der Waals surface area contributed by atoms with Crippen molar-refractivity contribution in [3.63, 3.8) is 0 Å². The molecule has 8 heteroatoms. The van der Waals surface area contributed by atoms with E-state index in [1.807, 2.05) is 13.0 Å². The van der Waals surface area contributed by atoms with Crippen LogP contribution in [0.5, 0.6) is 0 Å². The number of ether oxygens (including phenoxy) is 1. The minimum absolute atomic E-state index is 0.0931. The number of rotatable bonds is 6. The highest BCUT2D eigenvalue weighted by Gasteiger charge is 2.22. The summed E-state index contributed by atoms with van der Waals surface area (Å²) in [6.45, 7) is 3.18. The number of hydrogen-bond acceptors (Lipinski definition) is 5. The topological polar surface area (TPSA) is 75.7 Å². The Balaban J connectivity index is 1.54. The molecule has 1 fully saturated rings. The molecule has 1 aromatic heterocycles. The van der Waals surface area contributed by atoms with E-state index in [1.165, 1.54) is 22.7 Å². The van der Waals surface area contributed by atoms with Crippen LogP contribution in [-0.2, 0) is 14.8 Å². The normalized spacial score (nSPS) is 16.7. The van der Waals surface area contributed by atoms with Crippen molar-refractivity contribution in [1.82, 2.24) is 5.32 Å². The molecule has 1 saturated heterocycles. The van der Waals surface area contributed by atoms with Crippen molar-refractivity contribution in [2.45, 2.75) is 30.8 Å². The van der Waals surface area contributed by atoms with Gasteiger partial charge in [0.25, 0.3) is 15.9 Å². The monoisotopic (exact) mass is 444 g/mol. The zero-order valence-electron chi connectivity index (χ0n) is 16.9. The number of hydrogen-bond donors (Lipinski definition) is 1. The van der Waals surface area contributed by atoms with Gasteiger partial charge in [-0.25, -0.2) is 8.42 Å². The molecule has 0 spiro atoms. The molecule has 1 amide bonds. The Hall–Kier alpha value is -2.42. The lowest BCUT2D eigenvalue weighted by atomic mass is 10.2. The summed E-state index contributed by atoms with van der Waals surface area (Å²) in [5.74, 6) is -0.131. The molecule has 0 radical (unpaired) electrons. The lowest BCUT2D eigenvalue weighted by Crippen LogP contribution is -2.31. The first-order chi connectivity index (χ1) is 14.3. The molecule has 1 aliphatic heterocycles. The highest BCUT2D eigenvalue weighted by atomic mass is 32.2. The van der Waals surface area contributed by atoms with Gasteiger partial charge in [-0.05, 0) is 61.5 Å². The quantitative estimate of drug-likeness (QED) is 0.625. The zero-order valence-corrected chi connectivity index (χ0v) is 18.6. The molecule has 1 unspecified atom stereocenters. The molecule has 1 atom stereocenters. The Morgan fingerprint density at radius 3 is 2.67 bits per heavy atom. The molecular formula is C22H24N2O4S2. The van der Waals surface area contributed by atoms with E-state index < -0.39 is 10.0 Å². The van der Waals surface area contributed by atoms with E-state index in [0.717, 1.165) is 35.1 Å². The summed E-state index contributed by atoms with van der Waals surface area (Å²) in [5.41, 5.74) is 1.55. The minimum atomic E-state index is -3.66. The van der Waals surface area contributed by atoms with Crippen LogP contribution in [0.2, 0.25) is 0 Å². The molecule has 2 heterocycles. The molecule has 2 aromatic carbocycles. The average molecular weight is 445 g/mol. The molecule has 3 aromatic rings. The summed E-state index contributed by atoms with van der Waals surface area (Å²) in [5, 5.41) is 3.77. The van der Waals surface area contributed by atoms with Crippen LogP contribution in [0.1, 0.15) is 28.1 Å². The van der Waals surface area contributed by atoms with Crippen molar-refractivity contribution in [3.8, 4) is 0 Å². The second-order valence-corrected chi connectivity index (χ2v) is 10.5. The van der Waals surface area contributed by atoms with Gasteiger partial charge in [0.2, 0.25) is 0 Å². The fourth-order valence-corrected chi connectivity index (χ4v) is 5.59. The molecule has 30 heavy (non-hydrogen) atoms. The number of anilines is 1. The maximum Gasteiger partial charge on any atom is 0.264 e. The van der Waals surface area contributed by atoms with Gasteiger partial charge in [-0.2, -0.15) is 0 Å². The average Bonchev–Trinajstić information content (AvgIpc) is 3.40. The highest BCUT2D eigenvalue weighted by Crippen LogP contribution is 2.31. The van der Waals surface area contributed by atoms with Gasteiger partial charge in [0.15, 0.2) is 0 Å². The number of carbonyl (C=O) groups is 1. The van der Waals surface area contributed by atoms with Gasteiger partial charge in [0.1, 0.15) is 0 Å². The third-order valence-corrected chi connectivity index (χ3v) is 8.20. The fraction of sp³-hybridized carbons (Fsp3) is 0.318. The van der Waals surface area contributed by atoms with Crippen LogP contribution >= 0.6 is 11.3 Å². The van der Waals surface area contributed by atoms with Gasteiger partial charge in [-0.15, -0.1) is 11.3 Å². The Kier molecular flexibility index (Phi) is 5.81. The minimum Gasteiger partial charge on any atom is -0.376 e. The zero-order chi connectivity index (χ0) is 21.3. The first kappa shape index (κ1) is 20.8.